The number of carbonyl (C=O) groups is 1. The molecule has 1 N–H and O–H groups in total. The van der Waals surface area contributed by atoms with Gasteiger partial charge in [0.1, 0.15) is 5.82 Å². The fraction of sp³-hybridized carbons (Fsp3) is 0.400. The highest BCUT2D eigenvalue weighted by atomic mass is 16.4. The van der Waals surface area contributed by atoms with E-state index in [4.69, 9.17) is 5.11 Å². The van der Waals surface area contributed by atoms with E-state index in [1.807, 2.05) is 6.07 Å². The Balaban J connectivity index is 1.82. The first-order valence-corrected chi connectivity index (χ1v) is 7.05. The van der Waals surface area contributed by atoms with E-state index in [9.17, 15) is 4.79 Å². The molecule has 1 aromatic heterocycles. The zero-order valence-electron chi connectivity index (χ0n) is 11.0. The minimum absolute atomic E-state index is 0.104. The maximum absolute atomic E-state index is 11.1. The summed E-state index contributed by atoms with van der Waals surface area (Å²) in [6.45, 7) is 0. The largest absolute Gasteiger partial charge is 0.475 e. The number of rotatable bonds is 3. The van der Waals surface area contributed by atoms with Gasteiger partial charge in [0.15, 0.2) is 0 Å². The molecule has 1 fully saturated rings. The van der Waals surface area contributed by atoms with Gasteiger partial charge in [-0.25, -0.2) is 14.5 Å². The van der Waals surface area contributed by atoms with Crippen LogP contribution in [0.4, 0.5) is 0 Å². The van der Waals surface area contributed by atoms with Gasteiger partial charge in [0.25, 0.3) is 5.82 Å². The second-order valence-electron chi connectivity index (χ2n) is 5.59. The third-order valence-electron chi connectivity index (χ3n) is 4.09. The van der Waals surface area contributed by atoms with E-state index >= 15 is 0 Å². The lowest BCUT2D eigenvalue weighted by Crippen LogP contribution is -2.04. The Morgan fingerprint density at radius 1 is 1.25 bits per heavy atom. The Labute approximate surface area is 116 Å². The molecule has 0 radical (unpaired) electrons. The van der Waals surface area contributed by atoms with Gasteiger partial charge < -0.3 is 5.11 Å². The van der Waals surface area contributed by atoms with Crippen molar-refractivity contribution in [1.82, 2.24) is 14.8 Å². The molecule has 2 aliphatic carbocycles. The Kier molecular flexibility index (Phi) is 2.42. The Morgan fingerprint density at radius 3 is 2.80 bits per heavy atom. The maximum atomic E-state index is 11.1. The van der Waals surface area contributed by atoms with Crippen LogP contribution in [0.1, 0.15) is 52.8 Å². The SMILES string of the molecule is O=C(O)c1nc(C2CC2)n(-c2ccc3c(c2)CCC3)n1. The Hall–Kier alpha value is -2.17. The Morgan fingerprint density at radius 2 is 2.05 bits per heavy atom. The summed E-state index contributed by atoms with van der Waals surface area (Å²) < 4.78 is 1.72. The van der Waals surface area contributed by atoms with Crippen LogP contribution >= 0.6 is 0 Å². The molecule has 1 saturated carbocycles. The average Bonchev–Trinajstić information content (AvgIpc) is 3.02. The smallest absolute Gasteiger partial charge is 0.375 e. The van der Waals surface area contributed by atoms with Crippen LogP contribution in [0.5, 0.6) is 0 Å². The molecular weight excluding hydrogens is 254 g/mol. The van der Waals surface area contributed by atoms with Gasteiger partial charge in [-0.2, -0.15) is 0 Å². The highest BCUT2D eigenvalue weighted by molar-refractivity contribution is 5.83. The van der Waals surface area contributed by atoms with Crippen LogP contribution in [-0.4, -0.2) is 25.8 Å². The van der Waals surface area contributed by atoms with Gasteiger partial charge >= 0.3 is 5.97 Å². The number of hydrogen-bond donors (Lipinski definition) is 1. The van der Waals surface area contributed by atoms with Gasteiger partial charge in [-0.3, -0.25) is 0 Å². The average molecular weight is 269 g/mol. The quantitative estimate of drug-likeness (QED) is 0.928. The molecule has 0 atom stereocenters. The van der Waals surface area contributed by atoms with Crippen molar-refractivity contribution in [3.05, 3.63) is 41.0 Å². The van der Waals surface area contributed by atoms with Crippen molar-refractivity contribution >= 4 is 5.97 Å². The number of nitrogens with zero attached hydrogens (tertiary/aromatic N) is 3. The summed E-state index contributed by atoms with van der Waals surface area (Å²) in [5, 5.41) is 13.3. The summed E-state index contributed by atoms with van der Waals surface area (Å²) >= 11 is 0. The Bertz CT molecular complexity index is 701. The van der Waals surface area contributed by atoms with Crippen LogP contribution < -0.4 is 0 Å². The number of aromatic nitrogens is 3. The van der Waals surface area contributed by atoms with Crippen LogP contribution in [0.3, 0.4) is 0 Å². The molecule has 0 spiro atoms. The molecule has 2 aliphatic rings. The molecule has 1 aromatic carbocycles. The maximum Gasteiger partial charge on any atom is 0.375 e. The minimum Gasteiger partial charge on any atom is -0.475 e. The number of fused-ring (bicyclic) bond motifs is 1. The number of aromatic carboxylic acids is 1. The van der Waals surface area contributed by atoms with E-state index in [-0.39, 0.29) is 5.82 Å². The highest BCUT2D eigenvalue weighted by Gasteiger charge is 2.31. The first-order chi connectivity index (χ1) is 9.72. The standard InChI is InChI=1S/C15H15N3O2/c19-15(20)13-16-14(10-4-5-10)18(17-13)12-7-6-9-2-1-3-11(9)8-12/h6-8,10H,1-5H2,(H,19,20). The molecule has 5 nitrogen and oxygen atoms in total. The number of benzene rings is 1. The normalized spacial score (nSPS) is 17.2. The molecule has 20 heavy (non-hydrogen) atoms. The fourth-order valence-electron chi connectivity index (χ4n) is 2.90. The lowest BCUT2D eigenvalue weighted by Gasteiger charge is -2.07. The first kappa shape index (κ1) is 11.6. The molecule has 2 aromatic rings. The monoisotopic (exact) mass is 269 g/mol. The summed E-state index contributed by atoms with van der Waals surface area (Å²) in [6, 6.07) is 6.29. The van der Waals surface area contributed by atoms with Gasteiger partial charge in [0, 0.05) is 5.92 Å². The molecule has 0 aliphatic heterocycles. The molecule has 0 saturated heterocycles. The van der Waals surface area contributed by atoms with Crippen LogP contribution in [0.25, 0.3) is 5.69 Å². The lowest BCUT2D eigenvalue weighted by molar-refractivity contribution is 0.0683. The summed E-state index contributed by atoms with van der Waals surface area (Å²) in [5.41, 5.74) is 3.70. The minimum atomic E-state index is -1.06. The number of hydrogen-bond acceptors (Lipinski definition) is 3. The molecule has 5 heteroatoms. The molecule has 102 valence electrons. The van der Waals surface area contributed by atoms with E-state index in [2.05, 4.69) is 22.2 Å². The third-order valence-corrected chi connectivity index (χ3v) is 4.09. The number of carboxylic acid groups (broad SMARTS) is 1. The summed E-state index contributed by atoms with van der Waals surface area (Å²) in [6.07, 6.45) is 5.59. The fourth-order valence-corrected chi connectivity index (χ4v) is 2.90. The predicted molar refractivity (Wildman–Crippen MR) is 72.3 cm³/mol. The lowest BCUT2D eigenvalue weighted by atomic mass is 10.1. The van der Waals surface area contributed by atoms with E-state index in [1.165, 1.54) is 17.5 Å². The van der Waals surface area contributed by atoms with Crippen molar-refractivity contribution in [2.45, 2.75) is 38.0 Å². The second kappa shape index (κ2) is 4.16. The molecule has 0 amide bonds. The first-order valence-electron chi connectivity index (χ1n) is 7.05. The third kappa shape index (κ3) is 1.81. The van der Waals surface area contributed by atoms with E-state index < -0.39 is 5.97 Å². The van der Waals surface area contributed by atoms with Crippen molar-refractivity contribution in [2.75, 3.05) is 0 Å². The summed E-state index contributed by atoms with van der Waals surface area (Å²) in [5.74, 6) is -0.0107. The molecule has 1 heterocycles. The predicted octanol–water partition coefficient (Wildman–Crippen LogP) is 2.33. The zero-order valence-corrected chi connectivity index (χ0v) is 11.0. The number of aryl methyl sites for hydroxylation is 2. The van der Waals surface area contributed by atoms with Gasteiger partial charge in [-0.05, 0) is 55.4 Å². The molecule has 0 unspecified atom stereocenters. The van der Waals surface area contributed by atoms with Crippen molar-refractivity contribution in [1.29, 1.82) is 0 Å². The van der Waals surface area contributed by atoms with Gasteiger partial charge in [0.05, 0.1) is 5.69 Å². The van der Waals surface area contributed by atoms with Gasteiger partial charge in [-0.15, -0.1) is 5.10 Å². The number of carboxylic acids is 1. The van der Waals surface area contributed by atoms with Gasteiger partial charge in [0.2, 0.25) is 0 Å². The van der Waals surface area contributed by atoms with Crippen LogP contribution in [0.15, 0.2) is 18.2 Å². The van der Waals surface area contributed by atoms with E-state index in [0.717, 1.165) is 37.2 Å². The molecular formula is C15H15N3O2. The van der Waals surface area contributed by atoms with Crippen molar-refractivity contribution in [3.8, 4) is 5.69 Å². The zero-order chi connectivity index (χ0) is 13.7. The van der Waals surface area contributed by atoms with Crippen LogP contribution in [0, 0.1) is 0 Å². The summed E-state index contributed by atoms with van der Waals surface area (Å²) in [7, 11) is 0. The van der Waals surface area contributed by atoms with Crippen molar-refractivity contribution < 1.29 is 9.90 Å². The van der Waals surface area contributed by atoms with Crippen LogP contribution in [-0.2, 0) is 12.8 Å². The second-order valence-corrected chi connectivity index (χ2v) is 5.59. The molecule has 0 bridgehead atoms. The van der Waals surface area contributed by atoms with Gasteiger partial charge in [-0.1, -0.05) is 6.07 Å². The summed E-state index contributed by atoms with van der Waals surface area (Å²) in [4.78, 5) is 15.3. The van der Waals surface area contributed by atoms with Crippen molar-refractivity contribution in [3.63, 3.8) is 0 Å². The topological polar surface area (TPSA) is 68.0 Å². The molecule has 4 rings (SSSR count). The van der Waals surface area contributed by atoms with Crippen molar-refractivity contribution in [2.24, 2.45) is 0 Å². The van der Waals surface area contributed by atoms with Crippen LogP contribution in [0.2, 0.25) is 0 Å². The van der Waals surface area contributed by atoms with E-state index in [1.54, 1.807) is 4.68 Å². The highest BCUT2D eigenvalue weighted by Crippen LogP contribution is 2.40. The van der Waals surface area contributed by atoms with E-state index in [0.29, 0.717) is 5.92 Å².